The van der Waals surface area contributed by atoms with Crippen LogP contribution in [0.15, 0.2) is 29.2 Å². The lowest BCUT2D eigenvalue weighted by atomic mass is 10.3. The van der Waals surface area contributed by atoms with Gasteiger partial charge in [-0.05, 0) is 18.9 Å². The van der Waals surface area contributed by atoms with Crippen molar-refractivity contribution >= 4 is 16.7 Å². The topological polar surface area (TPSA) is 83.7 Å². The number of aliphatic hydroxyl groups is 1. The fourth-order valence-corrected chi connectivity index (χ4v) is 3.11. The van der Waals surface area contributed by atoms with Crippen LogP contribution in [0.1, 0.15) is 19.8 Å². The minimum atomic E-state index is -1.57. The van der Waals surface area contributed by atoms with Gasteiger partial charge in [0.1, 0.15) is 15.9 Å². The second-order valence-electron chi connectivity index (χ2n) is 3.98. The monoisotopic (exact) mass is 286 g/mol. The minimum absolute atomic E-state index is 0.00823. The fourth-order valence-electron chi connectivity index (χ4n) is 1.67. The van der Waals surface area contributed by atoms with E-state index in [1.54, 1.807) is 16.4 Å². The summed E-state index contributed by atoms with van der Waals surface area (Å²) in [7, 11) is -1.57. The van der Waals surface area contributed by atoms with Gasteiger partial charge in [0.15, 0.2) is 0 Å². The van der Waals surface area contributed by atoms with E-state index in [1.807, 2.05) is 6.92 Å². The third kappa shape index (κ3) is 4.38. The van der Waals surface area contributed by atoms with E-state index in [1.165, 1.54) is 12.1 Å². The number of para-hydroxylation sites is 1. The van der Waals surface area contributed by atoms with E-state index in [9.17, 15) is 14.3 Å². The Morgan fingerprint density at radius 2 is 2.05 bits per heavy atom. The van der Waals surface area contributed by atoms with E-state index in [2.05, 4.69) is 0 Å². The number of hydrogen-bond acceptors (Lipinski definition) is 4. The van der Waals surface area contributed by atoms with E-state index in [0.717, 1.165) is 6.42 Å². The molecule has 106 valence electrons. The molecule has 1 aromatic rings. The van der Waals surface area contributed by atoms with E-state index in [0.29, 0.717) is 19.5 Å². The summed E-state index contributed by atoms with van der Waals surface area (Å²) in [5.74, 6) is 0. The van der Waals surface area contributed by atoms with Gasteiger partial charge in [-0.1, -0.05) is 19.1 Å². The summed E-state index contributed by atoms with van der Waals surface area (Å²) >= 11 is 0. The first-order chi connectivity index (χ1) is 9.11. The second-order valence-corrected chi connectivity index (χ2v) is 5.43. The average Bonchev–Trinajstić information content (AvgIpc) is 2.42. The smallest absolute Gasteiger partial charge is 0.286 e. The van der Waals surface area contributed by atoms with Crippen molar-refractivity contribution in [3.05, 3.63) is 34.4 Å². The normalized spacial score (nSPS) is 12.6. The summed E-state index contributed by atoms with van der Waals surface area (Å²) in [4.78, 5) is 10.6. The molecule has 0 aliphatic heterocycles. The third-order valence-corrected chi connectivity index (χ3v) is 4.08. The maximum absolute atomic E-state index is 12.4. The predicted molar refractivity (Wildman–Crippen MR) is 73.1 cm³/mol. The van der Waals surface area contributed by atoms with Crippen LogP contribution in [0.5, 0.6) is 0 Å². The van der Waals surface area contributed by atoms with E-state index < -0.39 is 15.9 Å². The van der Waals surface area contributed by atoms with Gasteiger partial charge in [0.2, 0.25) is 0 Å². The molecular weight excluding hydrogens is 268 g/mol. The first-order valence-corrected chi connectivity index (χ1v) is 7.23. The molecule has 0 fully saturated rings. The highest BCUT2D eigenvalue weighted by atomic mass is 32.2. The Morgan fingerprint density at radius 3 is 2.63 bits per heavy atom. The quantitative estimate of drug-likeness (QED) is 0.582. The standard InChI is InChI=1S/C12H18N2O4S/c1-2-8-13(9-5-10-15)19(18)12-7-4-3-6-11(12)14(16)17/h3-4,6-7,15H,2,5,8-10H2,1H3. The Bertz CT molecular complexity index is 453. The van der Waals surface area contributed by atoms with Crippen molar-refractivity contribution in [3.63, 3.8) is 0 Å². The highest BCUT2D eigenvalue weighted by molar-refractivity contribution is 7.82. The first kappa shape index (κ1) is 15.7. The van der Waals surface area contributed by atoms with Crippen LogP contribution in [-0.4, -0.2) is 38.2 Å². The lowest BCUT2D eigenvalue weighted by Gasteiger charge is -2.19. The van der Waals surface area contributed by atoms with Gasteiger partial charge in [-0.15, -0.1) is 0 Å². The summed E-state index contributed by atoms with van der Waals surface area (Å²) in [6, 6.07) is 6.05. The molecule has 1 unspecified atom stereocenters. The number of hydrogen-bond donors (Lipinski definition) is 1. The van der Waals surface area contributed by atoms with Crippen LogP contribution in [0.2, 0.25) is 0 Å². The van der Waals surface area contributed by atoms with Crippen molar-refractivity contribution in [2.24, 2.45) is 0 Å². The summed E-state index contributed by atoms with van der Waals surface area (Å²) in [5.41, 5.74) is -0.133. The zero-order chi connectivity index (χ0) is 14.3. The Balaban J connectivity index is 2.98. The number of nitro benzene ring substituents is 1. The molecule has 1 aromatic carbocycles. The molecule has 0 saturated carbocycles. The van der Waals surface area contributed by atoms with E-state index in [4.69, 9.17) is 5.11 Å². The lowest BCUT2D eigenvalue weighted by molar-refractivity contribution is -0.387. The molecule has 1 N–H and O–H groups in total. The Kier molecular flexibility index (Phi) is 6.61. The number of nitrogens with zero attached hydrogens (tertiary/aromatic N) is 2. The van der Waals surface area contributed by atoms with Crippen molar-refractivity contribution in [1.29, 1.82) is 0 Å². The molecule has 0 aliphatic carbocycles. The summed E-state index contributed by atoms with van der Waals surface area (Å²) in [6.07, 6.45) is 1.28. The number of nitro groups is 1. The van der Waals surface area contributed by atoms with E-state index in [-0.39, 0.29) is 17.2 Å². The van der Waals surface area contributed by atoms with Crippen LogP contribution < -0.4 is 0 Å². The van der Waals surface area contributed by atoms with Crippen LogP contribution in [-0.2, 0) is 11.0 Å². The van der Waals surface area contributed by atoms with Crippen LogP contribution in [0.25, 0.3) is 0 Å². The fraction of sp³-hybridized carbons (Fsp3) is 0.500. The van der Waals surface area contributed by atoms with Gasteiger partial charge in [-0.2, -0.15) is 0 Å². The number of aliphatic hydroxyl groups excluding tert-OH is 1. The molecule has 0 heterocycles. The summed E-state index contributed by atoms with van der Waals surface area (Å²) < 4.78 is 14.1. The van der Waals surface area contributed by atoms with Gasteiger partial charge < -0.3 is 5.11 Å². The SMILES string of the molecule is CCCN(CCCO)S(=O)c1ccccc1[N+](=O)[O-]. The molecular formula is C12H18N2O4S. The van der Waals surface area contributed by atoms with Gasteiger partial charge in [0.05, 0.1) is 4.92 Å². The highest BCUT2D eigenvalue weighted by Crippen LogP contribution is 2.23. The molecule has 7 heteroatoms. The highest BCUT2D eigenvalue weighted by Gasteiger charge is 2.22. The molecule has 6 nitrogen and oxygen atoms in total. The molecule has 0 saturated heterocycles. The third-order valence-electron chi connectivity index (χ3n) is 2.52. The van der Waals surface area contributed by atoms with Crippen LogP contribution in [0.4, 0.5) is 5.69 Å². The first-order valence-electron chi connectivity index (χ1n) is 6.13. The largest absolute Gasteiger partial charge is 0.396 e. The molecule has 0 aromatic heterocycles. The van der Waals surface area contributed by atoms with Crippen molar-refractivity contribution in [2.75, 3.05) is 19.7 Å². The summed E-state index contributed by atoms with van der Waals surface area (Å²) in [6.45, 7) is 2.97. The minimum Gasteiger partial charge on any atom is -0.396 e. The van der Waals surface area contributed by atoms with Gasteiger partial charge in [0, 0.05) is 25.8 Å². The molecule has 0 amide bonds. The second kappa shape index (κ2) is 7.98. The van der Waals surface area contributed by atoms with Crippen molar-refractivity contribution in [1.82, 2.24) is 4.31 Å². The Labute approximate surface area is 114 Å². The van der Waals surface area contributed by atoms with Gasteiger partial charge in [0.25, 0.3) is 5.69 Å². The molecule has 0 radical (unpaired) electrons. The molecule has 0 aliphatic rings. The number of benzene rings is 1. The van der Waals surface area contributed by atoms with Crippen LogP contribution in [0, 0.1) is 10.1 Å². The molecule has 0 spiro atoms. The summed E-state index contributed by atoms with van der Waals surface area (Å²) in [5, 5.41) is 19.8. The molecule has 19 heavy (non-hydrogen) atoms. The van der Waals surface area contributed by atoms with Crippen LogP contribution >= 0.6 is 0 Å². The van der Waals surface area contributed by atoms with Crippen LogP contribution in [0.3, 0.4) is 0 Å². The maximum atomic E-state index is 12.4. The average molecular weight is 286 g/mol. The van der Waals surface area contributed by atoms with Gasteiger partial charge in [-0.25, -0.2) is 8.51 Å². The molecule has 0 bridgehead atoms. The van der Waals surface area contributed by atoms with Gasteiger partial charge in [-0.3, -0.25) is 10.1 Å². The lowest BCUT2D eigenvalue weighted by Crippen LogP contribution is -2.29. The predicted octanol–water partition coefficient (Wildman–Crippen LogP) is 1.71. The zero-order valence-electron chi connectivity index (χ0n) is 10.8. The maximum Gasteiger partial charge on any atom is 0.286 e. The van der Waals surface area contributed by atoms with Gasteiger partial charge >= 0.3 is 0 Å². The van der Waals surface area contributed by atoms with Crippen molar-refractivity contribution in [2.45, 2.75) is 24.7 Å². The zero-order valence-corrected chi connectivity index (χ0v) is 11.6. The Morgan fingerprint density at radius 1 is 1.37 bits per heavy atom. The molecule has 1 atom stereocenters. The molecule has 1 rings (SSSR count). The van der Waals surface area contributed by atoms with Crippen molar-refractivity contribution in [3.8, 4) is 0 Å². The Hall–Kier alpha value is -1.31. The van der Waals surface area contributed by atoms with E-state index >= 15 is 0 Å². The van der Waals surface area contributed by atoms with Crippen molar-refractivity contribution < 1.29 is 14.2 Å². The number of rotatable bonds is 8.